The SMILES string of the molecule is Cc1nc(-c2ccc(C(F)(F)F)cc2)sc1C(=O)N1CCc2nc(N)ncc2C1. The summed E-state index contributed by atoms with van der Waals surface area (Å²) in [5.74, 6) is 0.0450. The first-order valence-corrected chi connectivity index (χ1v) is 9.58. The van der Waals surface area contributed by atoms with Gasteiger partial charge in [-0.1, -0.05) is 12.1 Å². The second-order valence-corrected chi connectivity index (χ2v) is 7.68. The fourth-order valence-corrected chi connectivity index (χ4v) is 4.21. The van der Waals surface area contributed by atoms with E-state index in [2.05, 4.69) is 15.0 Å². The van der Waals surface area contributed by atoms with Crippen LogP contribution in [-0.4, -0.2) is 32.3 Å². The Morgan fingerprint density at radius 2 is 1.93 bits per heavy atom. The number of benzene rings is 1. The molecule has 1 amide bonds. The van der Waals surface area contributed by atoms with Crippen molar-refractivity contribution in [3.63, 3.8) is 0 Å². The van der Waals surface area contributed by atoms with Gasteiger partial charge in [-0.2, -0.15) is 13.2 Å². The Morgan fingerprint density at radius 1 is 1.21 bits per heavy atom. The van der Waals surface area contributed by atoms with E-state index in [0.29, 0.717) is 40.7 Å². The predicted octanol–water partition coefficient (Wildman–Crippen LogP) is 3.71. The fraction of sp³-hybridized carbons (Fsp3) is 0.263. The first kappa shape index (κ1) is 19.3. The molecule has 3 aromatic rings. The van der Waals surface area contributed by atoms with Crippen LogP contribution in [0, 0.1) is 6.92 Å². The number of hydrogen-bond acceptors (Lipinski definition) is 6. The van der Waals surface area contributed by atoms with E-state index in [1.165, 1.54) is 23.5 Å². The Hall–Kier alpha value is -3.01. The number of fused-ring (bicyclic) bond motifs is 1. The number of aryl methyl sites for hydroxylation is 1. The quantitative estimate of drug-likeness (QED) is 0.685. The summed E-state index contributed by atoms with van der Waals surface area (Å²) in [6.45, 7) is 2.59. The third-order valence-corrected chi connectivity index (χ3v) is 5.88. The first-order chi connectivity index (χ1) is 13.7. The number of amides is 1. The molecule has 4 rings (SSSR count). The largest absolute Gasteiger partial charge is 0.416 e. The summed E-state index contributed by atoms with van der Waals surface area (Å²) in [4.78, 5) is 27.8. The van der Waals surface area contributed by atoms with E-state index < -0.39 is 11.7 Å². The van der Waals surface area contributed by atoms with E-state index in [1.54, 1.807) is 18.0 Å². The highest BCUT2D eigenvalue weighted by molar-refractivity contribution is 7.17. The molecule has 10 heteroatoms. The highest BCUT2D eigenvalue weighted by Gasteiger charge is 2.30. The van der Waals surface area contributed by atoms with E-state index in [1.807, 2.05) is 0 Å². The van der Waals surface area contributed by atoms with E-state index in [4.69, 9.17) is 5.73 Å². The molecule has 0 unspecified atom stereocenters. The van der Waals surface area contributed by atoms with Gasteiger partial charge in [0.05, 0.1) is 17.0 Å². The van der Waals surface area contributed by atoms with Gasteiger partial charge in [0.1, 0.15) is 9.88 Å². The summed E-state index contributed by atoms with van der Waals surface area (Å²) < 4.78 is 38.3. The standard InChI is InChI=1S/C19H16F3N5OS/c1-10-15(17(28)27-7-6-14-12(9-27)8-24-18(23)26-14)29-16(25-10)11-2-4-13(5-3-11)19(20,21)22/h2-5,8H,6-7,9H2,1H3,(H2,23,24,26). The second kappa shape index (κ2) is 7.11. The van der Waals surface area contributed by atoms with Crippen LogP contribution in [0.3, 0.4) is 0 Å². The average molecular weight is 419 g/mol. The van der Waals surface area contributed by atoms with Gasteiger partial charge in [-0.25, -0.2) is 15.0 Å². The summed E-state index contributed by atoms with van der Waals surface area (Å²) in [5.41, 5.74) is 7.67. The minimum atomic E-state index is -4.39. The molecule has 0 aliphatic carbocycles. The Morgan fingerprint density at radius 3 is 2.62 bits per heavy atom. The number of alkyl halides is 3. The molecule has 1 aromatic carbocycles. The molecule has 0 saturated heterocycles. The number of thiazole rings is 1. The van der Waals surface area contributed by atoms with Crippen molar-refractivity contribution in [1.82, 2.24) is 19.9 Å². The van der Waals surface area contributed by atoms with Crippen molar-refractivity contribution in [3.05, 3.63) is 57.9 Å². The van der Waals surface area contributed by atoms with Crippen molar-refractivity contribution in [2.75, 3.05) is 12.3 Å². The molecule has 150 valence electrons. The van der Waals surface area contributed by atoms with Gasteiger partial charge in [-0.15, -0.1) is 11.3 Å². The lowest BCUT2D eigenvalue weighted by atomic mass is 10.1. The number of nitrogens with two attached hydrogens (primary N) is 1. The monoisotopic (exact) mass is 419 g/mol. The number of anilines is 1. The lowest BCUT2D eigenvalue weighted by Gasteiger charge is -2.27. The number of carbonyl (C=O) groups excluding carboxylic acids is 1. The van der Waals surface area contributed by atoms with Crippen molar-refractivity contribution in [3.8, 4) is 10.6 Å². The Labute approximate surface area is 168 Å². The van der Waals surface area contributed by atoms with Crippen molar-refractivity contribution < 1.29 is 18.0 Å². The molecule has 0 atom stereocenters. The van der Waals surface area contributed by atoms with Crippen molar-refractivity contribution in [2.45, 2.75) is 26.1 Å². The third-order valence-electron chi connectivity index (χ3n) is 4.69. The van der Waals surface area contributed by atoms with E-state index in [0.717, 1.165) is 23.4 Å². The van der Waals surface area contributed by atoms with Crippen LogP contribution in [0.5, 0.6) is 0 Å². The molecular weight excluding hydrogens is 403 g/mol. The number of aromatic nitrogens is 3. The lowest BCUT2D eigenvalue weighted by molar-refractivity contribution is -0.137. The molecule has 1 aliphatic heterocycles. The van der Waals surface area contributed by atoms with Crippen molar-refractivity contribution in [2.24, 2.45) is 0 Å². The highest BCUT2D eigenvalue weighted by Crippen LogP contribution is 2.33. The number of nitrogen functional groups attached to an aromatic ring is 1. The molecule has 0 bridgehead atoms. The van der Waals surface area contributed by atoms with Gasteiger partial charge >= 0.3 is 6.18 Å². The number of nitrogens with zero attached hydrogens (tertiary/aromatic N) is 4. The van der Waals surface area contributed by atoms with Gasteiger partial charge < -0.3 is 10.6 Å². The maximum absolute atomic E-state index is 13.0. The molecule has 3 heterocycles. The van der Waals surface area contributed by atoms with Crippen LogP contribution in [0.25, 0.3) is 10.6 Å². The zero-order valence-electron chi connectivity index (χ0n) is 15.3. The van der Waals surface area contributed by atoms with Crippen LogP contribution in [0.15, 0.2) is 30.5 Å². The smallest absolute Gasteiger partial charge is 0.368 e. The van der Waals surface area contributed by atoms with Crippen molar-refractivity contribution >= 4 is 23.2 Å². The Kier molecular flexibility index (Phi) is 4.73. The van der Waals surface area contributed by atoms with E-state index in [9.17, 15) is 18.0 Å². The van der Waals surface area contributed by atoms with E-state index >= 15 is 0 Å². The molecule has 0 saturated carbocycles. The molecular formula is C19H16F3N5OS. The number of halogens is 3. The maximum atomic E-state index is 13.0. The lowest BCUT2D eigenvalue weighted by Crippen LogP contribution is -2.36. The number of carbonyl (C=O) groups is 1. The average Bonchev–Trinajstić information content (AvgIpc) is 3.08. The second-order valence-electron chi connectivity index (χ2n) is 6.69. The predicted molar refractivity (Wildman–Crippen MR) is 102 cm³/mol. The Bertz CT molecular complexity index is 1080. The summed E-state index contributed by atoms with van der Waals surface area (Å²) in [5, 5.41) is 0.507. The first-order valence-electron chi connectivity index (χ1n) is 8.77. The topological polar surface area (TPSA) is 85.0 Å². The summed E-state index contributed by atoms with van der Waals surface area (Å²) >= 11 is 1.18. The van der Waals surface area contributed by atoms with Crippen LogP contribution >= 0.6 is 11.3 Å². The number of rotatable bonds is 2. The fourth-order valence-electron chi connectivity index (χ4n) is 3.17. The van der Waals surface area contributed by atoms with Crippen LogP contribution in [0.2, 0.25) is 0 Å². The van der Waals surface area contributed by atoms with Gasteiger partial charge in [0.25, 0.3) is 5.91 Å². The Balaban J connectivity index is 1.56. The van der Waals surface area contributed by atoms with Gasteiger partial charge in [-0.05, 0) is 19.1 Å². The minimum absolute atomic E-state index is 0.166. The minimum Gasteiger partial charge on any atom is -0.368 e. The molecule has 2 aromatic heterocycles. The number of hydrogen-bond donors (Lipinski definition) is 1. The normalized spacial score (nSPS) is 14.0. The molecule has 0 fully saturated rings. The summed E-state index contributed by atoms with van der Waals surface area (Å²) in [7, 11) is 0. The molecule has 2 N–H and O–H groups in total. The molecule has 6 nitrogen and oxygen atoms in total. The molecule has 0 spiro atoms. The molecule has 1 aliphatic rings. The third kappa shape index (κ3) is 3.80. The highest BCUT2D eigenvalue weighted by atomic mass is 32.1. The van der Waals surface area contributed by atoms with E-state index in [-0.39, 0.29) is 11.9 Å². The van der Waals surface area contributed by atoms with Gasteiger partial charge in [0.15, 0.2) is 0 Å². The van der Waals surface area contributed by atoms with Gasteiger partial charge in [0, 0.05) is 36.8 Å². The van der Waals surface area contributed by atoms with Crippen molar-refractivity contribution in [1.29, 1.82) is 0 Å². The van der Waals surface area contributed by atoms with Crippen LogP contribution in [0.4, 0.5) is 19.1 Å². The van der Waals surface area contributed by atoms with Gasteiger partial charge in [0.2, 0.25) is 5.95 Å². The molecule has 0 radical (unpaired) electrons. The summed E-state index contributed by atoms with van der Waals surface area (Å²) in [6.07, 6.45) is -2.18. The zero-order valence-corrected chi connectivity index (χ0v) is 16.1. The van der Waals surface area contributed by atoms with Crippen LogP contribution in [0.1, 0.15) is 32.2 Å². The maximum Gasteiger partial charge on any atom is 0.416 e. The molecule has 29 heavy (non-hydrogen) atoms. The summed E-state index contributed by atoms with van der Waals surface area (Å²) in [6, 6.07) is 4.77. The zero-order chi connectivity index (χ0) is 20.8. The van der Waals surface area contributed by atoms with Gasteiger partial charge in [-0.3, -0.25) is 4.79 Å². The van der Waals surface area contributed by atoms with Crippen LogP contribution < -0.4 is 5.73 Å². The van der Waals surface area contributed by atoms with Crippen LogP contribution in [-0.2, 0) is 19.1 Å².